The lowest BCUT2D eigenvalue weighted by Gasteiger charge is -2.21. The fourth-order valence-corrected chi connectivity index (χ4v) is 3.49. The Morgan fingerprint density at radius 2 is 2.00 bits per heavy atom. The van der Waals surface area contributed by atoms with Gasteiger partial charge in [0.2, 0.25) is 0 Å². The molecular weight excluding hydrogens is 350 g/mol. The summed E-state index contributed by atoms with van der Waals surface area (Å²) in [6, 6.07) is 8.17. The molecule has 7 heteroatoms. The van der Waals surface area contributed by atoms with Crippen LogP contribution in [0.15, 0.2) is 34.4 Å². The number of hydrogen-bond donors (Lipinski definition) is 3. The molecule has 1 aromatic rings. The number of benzene rings is 1. The molecule has 5 nitrogen and oxygen atoms in total. The van der Waals surface area contributed by atoms with Crippen LogP contribution in [0.1, 0.15) is 46.6 Å². The smallest absolute Gasteiger partial charge is 0.187 e. The number of hydrogen-bond acceptors (Lipinski definition) is 5. The van der Waals surface area contributed by atoms with Crippen molar-refractivity contribution in [3.05, 3.63) is 29.8 Å². The minimum Gasteiger partial charge on any atom is -0.357 e. The summed E-state index contributed by atoms with van der Waals surface area (Å²) in [7, 11) is 0. The third kappa shape index (κ3) is 6.66. The van der Waals surface area contributed by atoms with Crippen molar-refractivity contribution < 1.29 is 0 Å². The third-order valence-electron chi connectivity index (χ3n) is 3.54. The fraction of sp³-hybridized carbons (Fsp3) is 0.500. The van der Waals surface area contributed by atoms with Crippen LogP contribution < -0.4 is 16.1 Å². The van der Waals surface area contributed by atoms with Gasteiger partial charge in [-0.25, -0.2) is 0 Å². The highest BCUT2D eigenvalue weighted by atomic mass is 32.2. The number of anilines is 1. The fourth-order valence-electron chi connectivity index (χ4n) is 2.18. The van der Waals surface area contributed by atoms with Gasteiger partial charge in [-0.2, -0.15) is 5.10 Å². The van der Waals surface area contributed by atoms with E-state index >= 15 is 0 Å². The highest BCUT2D eigenvalue weighted by molar-refractivity contribution is 8.15. The minimum atomic E-state index is -0.0847. The molecular formula is C18H27N5S2. The highest BCUT2D eigenvalue weighted by Crippen LogP contribution is 2.24. The van der Waals surface area contributed by atoms with Crippen molar-refractivity contribution in [2.75, 3.05) is 11.9 Å². The van der Waals surface area contributed by atoms with Gasteiger partial charge in [0, 0.05) is 16.5 Å². The van der Waals surface area contributed by atoms with Crippen molar-refractivity contribution in [1.29, 1.82) is 0 Å². The largest absolute Gasteiger partial charge is 0.357 e. The second-order valence-corrected chi connectivity index (χ2v) is 8.71. The predicted molar refractivity (Wildman–Crippen MR) is 115 cm³/mol. The molecule has 1 aromatic carbocycles. The van der Waals surface area contributed by atoms with Gasteiger partial charge < -0.3 is 10.6 Å². The molecule has 25 heavy (non-hydrogen) atoms. The molecule has 1 heterocycles. The average molecular weight is 378 g/mol. The molecule has 0 saturated heterocycles. The summed E-state index contributed by atoms with van der Waals surface area (Å²) >= 11 is 7.05. The van der Waals surface area contributed by atoms with Gasteiger partial charge >= 0.3 is 0 Å². The molecule has 0 unspecified atom stereocenters. The lowest BCUT2D eigenvalue weighted by atomic mass is 10.1. The molecule has 0 amide bonds. The van der Waals surface area contributed by atoms with Gasteiger partial charge in [-0.3, -0.25) is 10.4 Å². The van der Waals surface area contributed by atoms with Crippen LogP contribution >= 0.6 is 24.0 Å². The van der Waals surface area contributed by atoms with E-state index in [4.69, 9.17) is 12.2 Å². The summed E-state index contributed by atoms with van der Waals surface area (Å²) in [4.78, 5) is 4.53. The van der Waals surface area contributed by atoms with E-state index in [1.165, 1.54) is 0 Å². The number of aliphatic imine (C=N–C) groups is 1. The van der Waals surface area contributed by atoms with Crippen molar-refractivity contribution in [3.63, 3.8) is 0 Å². The summed E-state index contributed by atoms with van der Waals surface area (Å²) in [6.45, 7) is 11.2. The summed E-state index contributed by atoms with van der Waals surface area (Å²) in [5.74, 6) is 0. The van der Waals surface area contributed by atoms with Crippen molar-refractivity contribution in [1.82, 2.24) is 10.7 Å². The first-order valence-corrected chi connectivity index (χ1v) is 9.76. The Morgan fingerprint density at radius 3 is 2.56 bits per heavy atom. The van der Waals surface area contributed by atoms with Crippen molar-refractivity contribution in [2.24, 2.45) is 10.1 Å². The van der Waals surface area contributed by atoms with Gasteiger partial charge in [-0.05, 0) is 64.0 Å². The van der Waals surface area contributed by atoms with Crippen LogP contribution in [0.2, 0.25) is 0 Å². The lowest BCUT2D eigenvalue weighted by molar-refractivity contribution is 0.508. The molecule has 136 valence electrons. The molecule has 3 N–H and O–H groups in total. The number of rotatable bonds is 4. The monoisotopic (exact) mass is 377 g/mol. The van der Waals surface area contributed by atoms with Gasteiger partial charge in [0.1, 0.15) is 0 Å². The number of thioether (sulfide) groups is 1. The quantitative estimate of drug-likeness (QED) is 0.421. The summed E-state index contributed by atoms with van der Waals surface area (Å²) in [5.41, 5.74) is 5.77. The van der Waals surface area contributed by atoms with Gasteiger partial charge in [0.15, 0.2) is 10.3 Å². The van der Waals surface area contributed by atoms with E-state index in [1.807, 2.05) is 43.0 Å². The van der Waals surface area contributed by atoms with Crippen LogP contribution in [0.5, 0.6) is 0 Å². The number of thiocarbonyl (C=S) groups is 1. The Balaban J connectivity index is 1.90. The van der Waals surface area contributed by atoms with Gasteiger partial charge in [0.05, 0.1) is 12.3 Å². The maximum absolute atomic E-state index is 5.24. The van der Waals surface area contributed by atoms with Crippen LogP contribution in [0.25, 0.3) is 0 Å². The molecule has 0 spiro atoms. The van der Waals surface area contributed by atoms with E-state index in [0.29, 0.717) is 10.4 Å². The topological polar surface area (TPSA) is 60.8 Å². The molecule has 2 rings (SSSR count). The Labute approximate surface area is 160 Å². The van der Waals surface area contributed by atoms with Crippen LogP contribution in [0, 0.1) is 0 Å². The van der Waals surface area contributed by atoms with E-state index in [9.17, 15) is 0 Å². The second kappa shape index (κ2) is 8.67. The number of nitrogens with one attached hydrogen (secondary N) is 3. The maximum atomic E-state index is 5.24. The van der Waals surface area contributed by atoms with Crippen LogP contribution in [-0.4, -0.2) is 33.3 Å². The SMILES string of the molecule is CC[C@@H]1CN=C(Nc2ccc(/C(C)=N\NC(=S)NC(C)(C)C)cc2)S1. The second-order valence-electron chi connectivity index (χ2n) is 7.01. The van der Waals surface area contributed by atoms with Crippen LogP contribution in [-0.2, 0) is 0 Å². The Morgan fingerprint density at radius 1 is 1.32 bits per heavy atom. The molecule has 0 aliphatic carbocycles. The first kappa shape index (κ1) is 19.7. The van der Waals surface area contributed by atoms with Crippen LogP contribution in [0.4, 0.5) is 5.69 Å². The molecule has 1 atom stereocenters. The standard InChI is InChI=1S/C18H27N5S2/c1-6-15-11-19-17(25-15)20-14-9-7-13(8-10-14)12(2)22-23-16(24)21-18(3,4)5/h7-10,15H,6,11H2,1-5H3,(H,19,20)(H2,21,23,24)/b22-12-/t15-/m1/s1. The zero-order chi connectivity index (χ0) is 18.4. The Bertz CT molecular complexity index is 659. The summed E-state index contributed by atoms with van der Waals surface area (Å²) in [5, 5.41) is 13.0. The summed E-state index contributed by atoms with van der Waals surface area (Å²) in [6.07, 6.45) is 1.15. The van der Waals surface area contributed by atoms with E-state index in [-0.39, 0.29) is 5.54 Å². The van der Waals surface area contributed by atoms with E-state index < -0.39 is 0 Å². The van der Waals surface area contributed by atoms with Crippen LogP contribution in [0.3, 0.4) is 0 Å². The zero-order valence-electron chi connectivity index (χ0n) is 15.5. The molecule has 1 aliphatic rings. The lowest BCUT2D eigenvalue weighted by Crippen LogP contribution is -2.44. The molecule has 1 aliphatic heterocycles. The Hall–Kier alpha value is -1.60. The van der Waals surface area contributed by atoms with E-state index in [1.54, 1.807) is 0 Å². The minimum absolute atomic E-state index is 0.0847. The first-order chi connectivity index (χ1) is 11.8. The predicted octanol–water partition coefficient (Wildman–Crippen LogP) is 3.97. The zero-order valence-corrected chi connectivity index (χ0v) is 17.1. The van der Waals surface area contributed by atoms with Gasteiger partial charge in [0.25, 0.3) is 0 Å². The highest BCUT2D eigenvalue weighted by Gasteiger charge is 2.17. The van der Waals surface area contributed by atoms with E-state index in [0.717, 1.165) is 35.1 Å². The molecule has 0 radical (unpaired) electrons. The Kier molecular flexibility index (Phi) is 6.84. The molecule has 0 saturated carbocycles. The molecule has 0 bridgehead atoms. The van der Waals surface area contributed by atoms with E-state index in [2.05, 4.69) is 53.8 Å². The van der Waals surface area contributed by atoms with Crippen molar-refractivity contribution in [3.8, 4) is 0 Å². The van der Waals surface area contributed by atoms with Crippen molar-refractivity contribution in [2.45, 2.75) is 51.8 Å². The molecule has 0 aromatic heterocycles. The maximum Gasteiger partial charge on any atom is 0.187 e. The normalized spacial score (nSPS) is 17.9. The summed E-state index contributed by atoms with van der Waals surface area (Å²) < 4.78 is 0. The van der Waals surface area contributed by atoms with Gasteiger partial charge in [-0.1, -0.05) is 30.8 Å². The number of nitrogens with zero attached hydrogens (tertiary/aromatic N) is 2. The number of amidine groups is 1. The first-order valence-electron chi connectivity index (χ1n) is 8.48. The number of hydrazone groups is 1. The third-order valence-corrected chi connectivity index (χ3v) is 5.00. The average Bonchev–Trinajstić information content (AvgIpc) is 2.99. The van der Waals surface area contributed by atoms with Crippen molar-refractivity contribution >= 4 is 45.7 Å². The van der Waals surface area contributed by atoms with Gasteiger partial charge in [-0.15, -0.1) is 0 Å². The molecule has 0 fully saturated rings.